The Hall–Kier alpha value is -0.820. The Kier molecular flexibility index (Phi) is 6.75. The number of ether oxygens (including phenoxy) is 1. The second kappa shape index (κ2) is 7.83. The first kappa shape index (κ1) is 17.2. The van der Waals surface area contributed by atoms with E-state index in [0.29, 0.717) is 19.3 Å². The average Bonchev–Trinajstić information content (AvgIpc) is 2.32. The smallest absolute Gasteiger partial charge is 0.389 e. The van der Waals surface area contributed by atoms with Gasteiger partial charge in [-0.3, -0.25) is 4.79 Å². The van der Waals surface area contributed by atoms with E-state index < -0.39 is 18.4 Å². The maximum atomic E-state index is 11.8. The zero-order valence-corrected chi connectivity index (χ0v) is 11.5. The Bertz CT molecular complexity index is 302. The molecule has 0 radical (unpaired) electrons. The van der Waals surface area contributed by atoms with Crippen molar-refractivity contribution in [2.24, 2.45) is 0 Å². The quantitative estimate of drug-likeness (QED) is 0.708. The van der Waals surface area contributed by atoms with Crippen LogP contribution in [0.2, 0.25) is 0 Å². The molecule has 1 saturated carbocycles. The zero-order chi connectivity index (χ0) is 15.1. The zero-order valence-electron chi connectivity index (χ0n) is 11.5. The van der Waals surface area contributed by atoms with Crippen molar-refractivity contribution >= 4 is 5.91 Å². The third-order valence-electron chi connectivity index (χ3n) is 3.33. The van der Waals surface area contributed by atoms with Crippen LogP contribution in [0.3, 0.4) is 0 Å². The van der Waals surface area contributed by atoms with Gasteiger partial charge in [-0.25, -0.2) is 0 Å². The molecule has 4 nitrogen and oxygen atoms in total. The molecule has 20 heavy (non-hydrogen) atoms. The van der Waals surface area contributed by atoms with Crippen molar-refractivity contribution in [3.63, 3.8) is 0 Å². The minimum absolute atomic E-state index is 0.0515. The first-order valence-electron chi connectivity index (χ1n) is 6.94. The number of nitrogens with one attached hydrogen (secondary N) is 1. The van der Waals surface area contributed by atoms with E-state index in [0.717, 1.165) is 19.3 Å². The van der Waals surface area contributed by atoms with Crippen LogP contribution in [0.25, 0.3) is 0 Å². The predicted molar refractivity (Wildman–Crippen MR) is 67.2 cm³/mol. The van der Waals surface area contributed by atoms with Crippen LogP contribution in [-0.4, -0.2) is 42.5 Å². The summed E-state index contributed by atoms with van der Waals surface area (Å²) >= 11 is 0. The fraction of sp³-hybridized carbons (Fsp3) is 0.923. The summed E-state index contributed by atoms with van der Waals surface area (Å²) in [7, 11) is 0. The summed E-state index contributed by atoms with van der Waals surface area (Å²) in [5.74, 6) is -0.259. The van der Waals surface area contributed by atoms with Crippen molar-refractivity contribution < 1.29 is 27.8 Å². The first-order chi connectivity index (χ1) is 9.31. The molecule has 0 aromatic heterocycles. The van der Waals surface area contributed by atoms with E-state index in [1.807, 2.05) is 0 Å². The minimum atomic E-state index is -4.31. The van der Waals surface area contributed by atoms with Crippen LogP contribution in [0.15, 0.2) is 0 Å². The van der Waals surface area contributed by atoms with Gasteiger partial charge < -0.3 is 15.2 Å². The van der Waals surface area contributed by atoms with Gasteiger partial charge in [-0.15, -0.1) is 0 Å². The Morgan fingerprint density at radius 2 is 1.90 bits per heavy atom. The Balaban J connectivity index is 2.05. The summed E-state index contributed by atoms with van der Waals surface area (Å²) < 4.78 is 39.7. The van der Waals surface area contributed by atoms with Gasteiger partial charge >= 0.3 is 6.18 Å². The molecule has 1 fully saturated rings. The second-order valence-corrected chi connectivity index (χ2v) is 5.33. The van der Waals surface area contributed by atoms with E-state index in [4.69, 9.17) is 0 Å². The number of amides is 1. The molecule has 0 aliphatic heterocycles. The van der Waals surface area contributed by atoms with Gasteiger partial charge in [0.15, 0.2) is 0 Å². The average molecular weight is 297 g/mol. The highest BCUT2D eigenvalue weighted by Gasteiger charge is 2.31. The second-order valence-electron chi connectivity index (χ2n) is 5.33. The van der Waals surface area contributed by atoms with Crippen LogP contribution in [0.5, 0.6) is 0 Å². The van der Waals surface area contributed by atoms with Crippen molar-refractivity contribution in [1.82, 2.24) is 5.32 Å². The van der Waals surface area contributed by atoms with Gasteiger partial charge in [0, 0.05) is 13.2 Å². The van der Waals surface area contributed by atoms with Crippen LogP contribution >= 0.6 is 0 Å². The maximum Gasteiger partial charge on any atom is 0.411 e. The number of alkyl halides is 3. The molecule has 0 saturated heterocycles. The van der Waals surface area contributed by atoms with Gasteiger partial charge in [-0.2, -0.15) is 13.2 Å². The first-order valence-corrected chi connectivity index (χ1v) is 6.94. The van der Waals surface area contributed by atoms with E-state index in [1.54, 1.807) is 0 Å². The normalized spacial score (nSPS) is 18.8. The van der Waals surface area contributed by atoms with Crippen LogP contribution in [0.4, 0.5) is 13.2 Å². The molecular weight excluding hydrogens is 275 g/mol. The summed E-state index contributed by atoms with van der Waals surface area (Å²) in [6.45, 7) is -1.06. The van der Waals surface area contributed by atoms with Crippen LogP contribution in [0.1, 0.15) is 44.9 Å². The van der Waals surface area contributed by atoms with Gasteiger partial charge in [-0.1, -0.05) is 19.3 Å². The van der Waals surface area contributed by atoms with Gasteiger partial charge in [-0.05, 0) is 19.3 Å². The number of halogens is 3. The standard InChI is InChI=1S/C13H22F3NO3/c14-13(15,16)10-20-8-4-7-17-11(18)9-12(19)5-2-1-3-6-12/h19H,1-10H2,(H,17,18). The molecule has 2 N–H and O–H groups in total. The molecule has 1 amide bonds. The SMILES string of the molecule is O=C(CC1(O)CCCCC1)NCCCOCC(F)(F)F. The maximum absolute atomic E-state index is 11.8. The van der Waals surface area contributed by atoms with Crippen molar-refractivity contribution in [2.45, 2.75) is 56.7 Å². The molecule has 0 heterocycles. The molecule has 0 aromatic rings. The largest absolute Gasteiger partial charge is 0.411 e. The number of rotatable bonds is 7. The lowest BCUT2D eigenvalue weighted by molar-refractivity contribution is -0.174. The van der Waals surface area contributed by atoms with Gasteiger partial charge in [0.25, 0.3) is 0 Å². The van der Waals surface area contributed by atoms with E-state index >= 15 is 0 Å². The van der Waals surface area contributed by atoms with Crippen LogP contribution in [0, 0.1) is 0 Å². The van der Waals surface area contributed by atoms with Gasteiger partial charge in [0.1, 0.15) is 6.61 Å². The molecule has 0 atom stereocenters. The van der Waals surface area contributed by atoms with Crippen molar-refractivity contribution in [3.05, 3.63) is 0 Å². The number of carbonyl (C=O) groups excluding carboxylic acids is 1. The third-order valence-corrected chi connectivity index (χ3v) is 3.33. The Morgan fingerprint density at radius 1 is 1.25 bits per heavy atom. The lowest BCUT2D eigenvalue weighted by atomic mass is 9.82. The van der Waals surface area contributed by atoms with Crippen LogP contribution in [-0.2, 0) is 9.53 Å². The van der Waals surface area contributed by atoms with E-state index in [-0.39, 0.29) is 25.5 Å². The van der Waals surface area contributed by atoms with Crippen molar-refractivity contribution in [1.29, 1.82) is 0 Å². The molecule has 1 aliphatic rings. The van der Waals surface area contributed by atoms with E-state index in [2.05, 4.69) is 10.1 Å². The molecule has 0 unspecified atom stereocenters. The molecule has 118 valence electrons. The van der Waals surface area contributed by atoms with E-state index in [1.165, 1.54) is 0 Å². The van der Waals surface area contributed by atoms with Crippen LogP contribution < -0.4 is 5.32 Å². The highest BCUT2D eigenvalue weighted by atomic mass is 19.4. The molecule has 0 aromatic carbocycles. The molecular formula is C13H22F3NO3. The number of hydrogen-bond donors (Lipinski definition) is 2. The topological polar surface area (TPSA) is 58.6 Å². The lowest BCUT2D eigenvalue weighted by Gasteiger charge is -2.31. The number of hydrogen-bond acceptors (Lipinski definition) is 3. The summed E-state index contributed by atoms with van der Waals surface area (Å²) in [5.41, 5.74) is -0.908. The predicted octanol–water partition coefficient (Wildman–Crippen LogP) is 2.16. The number of carbonyl (C=O) groups is 1. The summed E-state index contributed by atoms with van der Waals surface area (Å²) in [6, 6.07) is 0. The highest BCUT2D eigenvalue weighted by molar-refractivity contribution is 5.76. The third kappa shape index (κ3) is 7.69. The fourth-order valence-corrected chi connectivity index (χ4v) is 2.34. The minimum Gasteiger partial charge on any atom is -0.389 e. The summed E-state index contributed by atoms with van der Waals surface area (Å²) in [4.78, 5) is 11.6. The molecule has 1 aliphatic carbocycles. The van der Waals surface area contributed by atoms with Crippen molar-refractivity contribution in [3.8, 4) is 0 Å². The molecule has 0 bridgehead atoms. The molecule has 0 spiro atoms. The van der Waals surface area contributed by atoms with Crippen molar-refractivity contribution in [2.75, 3.05) is 19.8 Å². The van der Waals surface area contributed by atoms with E-state index in [9.17, 15) is 23.1 Å². The molecule has 7 heteroatoms. The number of aliphatic hydroxyl groups is 1. The lowest BCUT2D eigenvalue weighted by Crippen LogP contribution is -2.38. The van der Waals surface area contributed by atoms with Gasteiger partial charge in [0.05, 0.1) is 12.0 Å². The summed E-state index contributed by atoms with van der Waals surface area (Å²) in [6.07, 6.45) is 0.277. The summed E-state index contributed by atoms with van der Waals surface area (Å²) in [5, 5.41) is 12.8. The highest BCUT2D eigenvalue weighted by Crippen LogP contribution is 2.30. The molecule has 1 rings (SSSR count). The Morgan fingerprint density at radius 3 is 2.50 bits per heavy atom. The fourth-order valence-electron chi connectivity index (χ4n) is 2.34. The monoisotopic (exact) mass is 297 g/mol. The Labute approximate surface area is 116 Å². The van der Waals surface area contributed by atoms with Gasteiger partial charge in [0.2, 0.25) is 5.91 Å².